The van der Waals surface area contributed by atoms with Crippen molar-refractivity contribution in [2.75, 3.05) is 12.3 Å². The van der Waals surface area contributed by atoms with Crippen molar-refractivity contribution in [2.24, 2.45) is 11.7 Å². The van der Waals surface area contributed by atoms with Crippen LogP contribution in [-0.4, -0.2) is 32.9 Å². The summed E-state index contributed by atoms with van der Waals surface area (Å²) in [6.45, 7) is 3.97. The number of nitrogens with one attached hydrogen (secondary N) is 1. The van der Waals surface area contributed by atoms with Crippen LogP contribution in [0, 0.1) is 5.92 Å². The van der Waals surface area contributed by atoms with Gasteiger partial charge in [-0.3, -0.25) is 0 Å². The van der Waals surface area contributed by atoms with Crippen LogP contribution >= 0.6 is 0 Å². The van der Waals surface area contributed by atoms with Gasteiger partial charge in [0, 0.05) is 19.0 Å². The van der Waals surface area contributed by atoms with E-state index in [4.69, 9.17) is 5.73 Å². The lowest BCUT2D eigenvalue weighted by atomic mass is 10.1. The van der Waals surface area contributed by atoms with Gasteiger partial charge in [0.25, 0.3) is 0 Å². The second kappa shape index (κ2) is 7.30. The van der Waals surface area contributed by atoms with Crippen molar-refractivity contribution < 1.29 is 21.6 Å². The van der Waals surface area contributed by atoms with Crippen molar-refractivity contribution in [2.45, 2.75) is 45.3 Å². The minimum Gasteiger partial charge on any atom is -0.327 e. The molecule has 0 saturated heterocycles. The number of rotatable bonds is 8. The molecular formula is C10H21F3N2O2S. The van der Waals surface area contributed by atoms with E-state index in [0.717, 1.165) is 0 Å². The lowest BCUT2D eigenvalue weighted by Gasteiger charge is -2.15. The van der Waals surface area contributed by atoms with E-state index in [9.17, 15) is 21.6 Å². The van der Waals surface area contributed by atoms with Gasteiger partial charge in [0.15, 0.2) is 0 Å². The van der Waals surface area contributed by atoms with Crippen molar-refractivity contribution >= 4 is 10.0 Å². The van der Waals surface area contributed by atoms with Gasteiger partial charge in [-0.25, -0.2) is 13.1 Å². The number of hydrogen-bond acceptors (Lipinski definition) is 3. The third kappa shape index (κ3) is 10.8. The fraction of sp³-hybridized carbons (Fsp3) is 1.00. The highest BCUT2D eigenvalue weighted by Gasteiger charge is 2.27. The number of hydrogen-bond donors (Lipinski definition) is 2. The second-order valence-corrected chi connectivity index (χ2v) is 6.70. The highest BCUT2D eigenvalue weighted by molar-refractivity contribution is 7.89. The molecule has 0 rings (SSSR count). The molecule has 0 heterocycles. The summed E-state index contributed by atoms with van der Waals surface area (Å²) >= 11 is 0. The summed E-state index contributed by atoms with van der Waals surface area (Å²) in [6.07, 6.45) is -5.18. The van der Waals surface area contributed by atoms with Gasteiger partial charge >= 0.3 is 6.18 Å². The molecule has 0 spiro atoms. The van der Waals surface area contributed by atoms with Crippen LogP contribution in [0.3, 0.4) is 0 Å². The highest BCUT2D eigenvalue weighted by Crippen LogP contribution is 2.21. The Morgan fingerprint density at radius 3 is 2.28 bits per heavy atom. The average Bonchev–Trinajstić information content (AvgIpc) is 2.11. The van der Waals surface area contributed by atoms with E-state index >= 15 is 0 Å². The molecule has 18 heavy (non-hydrogen) atoms. The van der Waals surface area contributed by atoms with Crippen LogP contribution in [0.2, 0.25) is 0 Å². The molecule has 0 aromatic rings. The first-order valence-electron chi connectivity index (χ1n) is 5.81. The summed E-state index contributed by atoms with van der Waals surface area (Å²) in [5, 5.41) is 0. The molecule has 0 saturated carbocycles. The number of halogens is 3. The Morgan fingerprint density at radius 1 is 1.28 bits per heavy atom. The van der Waals surface area contributed by atoms with Crippen LogP contribution in [0.1, 0.15) is 33.1 Å². The molecule has 0 aliphatic rings. The SMILES string of the molecule is CC(C)CC(N)CNS(=O)(=O)CCCC(F)(F)F. The molecule has 1 unspecified atom stereocenters. The summed E-state index contributed by atoms with van der Waals surface area (Å²) < 4.78 is 60.5. The van der Waals surface area contributed by atoms with Crippen LogP contribution in [0.4, 0.5) is 13.2 Å². The maximum Gasteiger partial charge on any atom is 0.389 e. The molecule has 0 fully saturated rings. The Morgan fingerprint density at radius 2 is 1.83 bits per heavy atom. The van der Waals surface area contributed by atoms with Crippen LogP contribution in [0.5, 0.6) is 0 Å². The average molecular weight is 290 g/mol. The van der Waals surface area contributed by atoms with Crippen molar-refractivity contribution in [1.29, 1.82) is 0 Å². The quantitative estimate of drug-likeness (QED) is 0.713. The molecule has 0 aliphatic carbocycles. The monoisotopic (exact) mass is 290 g/mol. The van der Waals surface area contributed by atoms with E-state index in [2.05, 4.69) is 4.72 Å². The van der Waals surface area contributed by atoms with Gasteiger partial charge in [-0.05, 0) is 18.8 Å². The molecule has 1 atom stereocenters. The molecule has 3 N–H and O–H groups in total. The van der Waals surface area contributed by atoms with E-state index in [1.54, 1.807) is 0 Å². The molecule has 0 bridgehead atoms. The van der Waals surface area contributed by atoms with E-state index in [1.807, 2.05) is 13.8 Å². The zero-order chi connectivity index (χ0) is 14.4. The Bertz CT molecular complexity index is 329. The summed E-state index contributed by atoms with van der Waals surface area (Å²) in [5.41, 5.74) is 5.67. The van der Waals surface area contributed by atoms with E-state index < -0.39 is 34.8 Å². The summed E-state index contributed by atoms with van der Waals surface area (Å²) in [6, 6.07) is -0.317. The molecule has 4 nitrogen and oxygen atoms in total. The van der Waals surface area contributed by atoms with Crippen LogP contribution in [0.25, 0.3) is 0 Å². The standard InChI is InChI=1S/C10H21F3N2O2S/c1-8(2)6-9(14)7-15-18(16,17)5-3-4-10(11,12)13/h8-9,15H,3-7,14H2,1-2H3. The van der Waals surface area contributed by atoms with Crippen molar-refractivity contribution in [3.63, 3.8) is 0 Å². The zero-order valence-corrected chi connectivity index (χ0v) is 11.4. The maximum atomic E-state index is 11.9. The number of alkyl halides is 3. The summed E-state index contributed by atoms with van der Waals surface area (Å²) in [7, 11) is -3.66. The summed E-state index contributed by atoms with van der Waals surface area (Å²) in [5.74, 6) is -0.185. The molecular weight excluding hydrogens is 269 g/mol. The molecule has 0 radical (unpaired) electrons. The zero-order valence-electron chi connectivity index (χ0n) is 10.6. The van der Waals surface area contributed by atoms with Gasteiger partial charge < -0.3 is 5.73 Å². The fourth-order valence-corrected chi connectivity index (χ4v) is 2.59. The van der Waals surface area contributed by atoms with Crippen LogP contribution < -0.4 is 10.5 Å². The predicted octanol–water partition coefficient (Wildman–Crippen LogP) is 1.62. The van der Waals surface area contributed by atoms with E-state index in [-0.39, 0.29) is 12.6 Å². The first-order valence-corrected chi connectivity index (χ1v) is 7.47. The van der Waals surface area contributed by atoms with Crippen LogP contribution in [0.15, 0.2) is 0 Å². The third-order valence-electron chi connectivity index (χ3n) is 2.21. The van der Waals surface area contributed by atoms with Gasteiger partial charge in [-0.1, -0.05) is 13.8 Å². The number of nitrogens with two attached hydrogens (primary N) is 1. The molecule has 110 valence electrons. The Labute approximate surface area is 106 Å². The molecule has 8 heteroatoms. The van der Waals surface area contributed by atoms with Crippen LogP contribution in [-0.2, 0) is 10.0 Å². The maximum absolute atomic E-state index is 11.9. The molecule has 0 aromatic carbocycles. The fourth-order valence-electron chi connectivity index (χ4n) is 1.46. The van der Waals surface area contributed by atoms with Gasteiger partial charge in [-0.15, -0.1) is 0 Å². The van der Waals surface area contributed by atoms with Crippen molar-refractivity contribution in [3.8, 4) is 0 Å². The normalized spacial score (nSPS) is 15.1. The first-order chi connectivity index (χ1) is 8.02. The Kier molecular flexibility index (Phi) is 7.16. The lowest BCUT2D eigenvalue weighted by molar-refractivity contribution is -0.134. The predicted molar refractivity (Wildman–Crippen MR) is 64.5 cm³/mol. The first kappa shape index (κ1) is 17.7. The lowest BCUT2D eigenvalue weighted by Crippen LogP contribution is -2.39. The van der Waals surface area contributed by atoms with E-state index in [0.29, 0.717) is 12.3 Å². The highest BCUT2D eigenvalue weighted by atomic mass is 32.2. The van der Waals surface area contributed by atoms with Gasteiger partial charge in [0.2, 0.25) is 10.0 Å². The van der Waals surface area contributed by atoms with Gasteiger partial charge in [0.05, 0.1) is 5.75 Å². The number of sulfonamides is 1. The van der Waals surface area contributed by atoms with Crippen molar-refractivity contribution in [3.05, 3.63) is 0 Å². The largest absolute Gasteiger partial charge is 0.389 e. The molecule has 0 aliphatic heterocycles. The van der Waals surface area contributed by atoms with Crippen molar-refractivity contribution in [1.82, 2.24) is 4.72 Å². The third-order valence-corrected chi connectivity index (χ3v) is 3.65. The minimum absolute atomic E-state index is 0.0620. The minimum atomic E-state index is -4.32. The smallest absolute Gasteiger partial charge is 0.327 e. The summed E-state index contributed by atoms with van der Waals surface area (Å²) in [4.78, 5) is 0. The Balaban J connectivity index is 3.94. The molecule has 0 amide bonds. The van der Waals surface area contributed by atoms with E-state index in [1.165, 1.54) is 0 Å². The molecule has 0 aromatic heterocycles. The second-order valence-electron chi connectivity index (χ2n) is 4.78. The Hall–Kier alpha value is -0.340. The topological polar surface area (TPSA) is 72.2 Å². The van der Waals surface area contributed by atoms with Gasteiger partial charge in [0.1, 0.15) is 0 Å². The van der Waals surface area contributed by atoms with Gasteiger partial charge in [-0.2, -0.15) is 13.2 Å².